The fraction of sp³-hybridized carbons (Fsp3) is 0.286. The van der Waals surface area contributed by atoms with Gasteiger partial charge in [-0.3, -0.25) is 4.79 Å². The third-order valence-corrected chi connectivity index (χ3v) is 4.79. The summed E-state index contributed by atoms with van der Waals surface area (Å²) in [6.07, 6.45) is 4.43. The summed E-state index contributed by atoms with van der Waals surface area (Å²) in [6.45, 7) is 3.26. The number of nitrogens with zero attached hydrogens (tertiary/aromatic N) is 2. The van der Waals surface area contributed by atoms with Gasteiger partial charge in [0.05, 0.1) is 7.11 Å². The summed E-state index contributed by atoms with van der Waals surface area (Å²) in [4.78, 5) is 16.7. The molecular formula is C21H23ClN2O2. The van der Waals surface area contributed by atoms with E-state index in [1.807, 2.05) is 47.4 Å². The molecule has 0 spiro atoms. The molecule has 0 radical (unpaired) electrons. The standard InChI is InChI=1S/C21H23ClN2O2/c1-26-20-10-8-19(9-11-20)23-13-2-14-24(16-15-23)21(25)12-5-17-3-6-18(22)7-4-17/h3-12H,2,13-16H2,1H3/b12-5+. The Kier molecular flexibility index (Phi) is 6.18. The molecule has 1 fully saturated rings. The third-order valence-electron chi connectivity index (χ3n) is 4.53. The van der Waals surface area contributed by atoms with Crippen LogP contribution in [0.3, 0.4) is 0 Å². The van der Waals surface area contributed by atoms with Crippen molar-refractivity contribution in [3.63, 3.8) is 0 Å². The number of hydrogen-bond acceptors (Lipinski definition) is 3. The van der Waals surface area contributed by atoms with Crippen molar-refractivity contribution in [2.24, 2.45) is 0 Å². The minimum Gasteiger partial charge on any atom is -0.497 e. The number of methoxy groups -OCH3 is 1. The van der Waals surface area contributed by atoms with Crippen LogP contribution in [0.1, 0.15) is 12.0 Å². The van der Waals surface area contributed by atoms with Crippen molar-refractivity contribution in [2.45, 2.75) is 6.42 Å². The topological polar surface area (TPSA) is 32.8 Å². The van der Waals surface area contributed by atoms with Crippen LogP contribution in [0.5, 0.6) is 5.75 Å². The maximum absolute atomic E-state index is 12.5. The summed E-state index contributed by atoms with van der Waals surface area (Å²) in [5.41, 5.74) is 2.13. The zero-order chi connectivity index (χ0) is 18.4. The van der Waals surface area contributed by atoms with Gasteiger partial charge in [0.1, 0.15) is 5.75 Å². The molecule has 1 aliphatic heterocycles. The molecule has 0 N–H and O–H groups in total. The van der Waals surface area contributed by atoms with Crippen molar-refractivity contribution in [3.05, 3.63) is 65.2 Å². The molecule has 4 nitrogen and oxygen atoms in total. The van der Waals surface area contributed by atoms with Crippen molar-refractivity contribution in [3.8, 4) is 5.75 Å². The Balaban J connectivity index is 1.58. The van der Waals surface area contributed by atoms with Crippen molar-refractivity contribution in [1.82, 2.24) is 4.90 Å². The number of amides is 1. The lowest BCUT2D eigenvalue weighted by atomic mass is 10.2. The van der Waals surface area contributed by atoms with Crippen LogP contribution >= 0.6 is 11.6 Å². The molecule has 0 unspecified atom stereocenters. The number of carbonyl (C=O) groups excluding carboxylic acids is 1. The summed E-state index contributed by atoms with van der Waals surface area (Å²) in [6, 6.07) is 15.5. The first-order valence-electron chi connectivity index (χ1n) is 8.77. The number of benzene rings is 2. The van der Waals surface area contributed by atoms with E-state index >= 15 is 0 Å². The largest absolute Gasteiger partial charge is 0.497 e. The van der Waals surface area contributed by atoms with Crippen LogP contribution < -0.4 is 9.64 Å². The van der Waals surface area contributed by atoms with E-state index in [0.29, 0.717) is 5.02 Å². The van der Waals surface area contributed by atoms with Crippen molar-refractivity contribution < 1.29 is 9.53 Å². The van der Waals surface area contributed by atoms with E-state index in [9.17, 15) is 4.79 Å². The van der Waals surface area contributed by atoms with Crippen LogP contribution in [-0.2, 0) is 4.79 Å². The lowest BCUT2D eigenvalue weighted by molar-refractivity contribution is -0.125. The molecule has 0 aromatic heterocycles. The maximum Gasteiger partial charge on any atom is 0.246 e. The minimum atomic E-state index is 0.0523. The van der Waals surface area contributed by atoms with Crippen molar-refractivity contribution >= 4 is 29.3 Å². The molecule has 1 saturated heterocycles. The quantitative estimate of drug-likeness (QED) is 0.759. The zero-order valence-corrected chi connectivity index (χ0v) is 15.7. The van der Waals surface area contributed by atoms with Gasteiger partial charge in [-0.1, -0.05) is 23.7 Å². The molecule has 1 aliphatic rings. The van der Waals surface area contributed by atoms with E-state index in [1.165, 1.54) is 0 Å². The Morgan fingerprint density at radius 2 is 1.73 bits per heavy atom. The second-order valence-electron chi connectivity index (χ2n) is 6.25. The van der Waals surface area contributed by atoms with E-state index in [-0.39, 0.29) is 5.91 Å². The highest BCUT2D eigenvalue weighted by Gasteiger charge is 2.17. The number of rotatable bonds is 4. The Hall–Kier alpha value is -2.46. The first-order chi connectivity index (χ1) is 12.7. The second kappa shape index (κ2) is 8.77. The van der Waals surface area contributed by atoms with Gasteiger partial charge in [0.2, 0.25) is 5.91 Å². The smallest absolute Gasteiger partial charge is 0.246 e. The van der Waals surface area contributed by atoms with Crippen LogP contribution in [0.25, 0.3) is 6.08 Å². The first-order valence-corrected chi connectivity index (χ1v) is 9.15. The number of ether oxygens (including phenoxy) is 1. The molecule has 0 saturated carbocycles. The lowest BCUT2D eigenvalue weighted by Gasteiger charge is -2.23. The molecule has 3 rings (SSSR count). The monoisotopic (exact) mass is 370 g/mol. The molecule has 1 heterocycles. The number of anilines is 1. The normalized spacial score (nSPS) is 15.2. The highest BCUT2D eigenvalue weighted by Crippen LogP contribution is 2.20. The Labute approximate surface area is 159 Å². The van der Waals surface area contributed by atoms with Gasteiger partial charge in [-0.25, -0.2) is 0 Å². The zero-order valence-electron chi connectivity index (χ0n) is 14.9. The Bertz CT molecular complexity index is 757. The summed E-state index contributed by atoms with van der Waals surface area (Å²) >= 11 is 5.88. The van der Waals surface area contributed by atoms with E-state index in [0.717, 1.165) is 49.6 Å². The van der Waals surface area contributed by atoms with Crippen molar-refractivity contribution in [2.75, 3.05) is 38.2 Å². The summed E-state index contributed by atoms with van der Waals surface area (Å²) in [5, 5.41) is 0.694. The molecule has 0 bridgehead atoms. The summed E-state index contributed by atoms with van der Waals surface area (Å²) in [7, 11) is 1.67. The van der Waals surface area contributed by atoms with Crippen LogP contribution in [0.2, 0.25) is 5.02 Å². The van der Waals surface area contributed by atoms with Gasteiger partial charge in [-0.2, -0.15) is 0 Å². The lowest BCUT2D eigenvalue weighted by Crippen LogP contribution is -2.34. The van der Waals surface area contributed by atoms with Crippen LogP contribution in [0.4, 0.5) is 5.69 Å². The minimum absolute atomic E-state index is 0.0523. The van der Waals surface area contributed by atoms with Gasteiger partial charge in [0, 0.05) is 43.0 Å². The Morgan fingerprint density at radius 3 is 2.42 bits per heavy atom. The molecule has 136 valence electrons. The third kappa shape index (κ3) is 4.79. The van der Waals surface area contributed by atoms with E-state index in [4.69, 9.17) is 16.3 Å². The molecule has 2 aromatic rings. The average molecular weight is 371 g/mol. The van der Waals surface area contributed by atoms with Crippen LogP contribution in [0.15, 0.2) is 54.6 Å². The van der Waals surface area contributed by atoms with Gasteiger partial charge in [-0.15, -0.1) is 0 Å². The summed E-state index contributed by atoms with van der Waals surface area (Å²) in [5.74, 6) is 0.907. The molecule has 0 aliphatic carbocycles. The van der Waals surface area contributed by atoms with Crippen LogP contribution in [0, 0.1) is 0 Å². The number of hydrogen-bond donors (Lipinski definition) is 0. The van der Waals surface area contributed by atoms with Gasteiger partial charge >= 0.3 is 0 Å². The second-order valence-corrected chi connectivity index (χ2v) is 6.69. The molecule has 1 amide bonds. The van der Waals surface area contributed by atoms with E-state index in [1.54, 1.807) is 13.2 Å². The van der Waals surface area contributed by atoms with Crippen molar-refractivity contribution in [1.29, 1.82) is 0 Å². The average Bonchev–Trinajstić information content (AvgIpc) is 2.94. The maximum atomic E-state index is 12.5. The van der Waals surface area contributed by atoms with E-state index in [2.05, 4.69) is 17.0 Å². The highest BCUT2D eigenvalue weighted by molar-refractivity contribution is 6.30. The fourth-order valence-electron chi connectivity index (χ4n) is 3.04. The first kappa shape index (κ1) is 18.3. The van der Waals surface area contributed by atoms with E-state index < -0.39 is 0 Å². The fourth-order valence-corrected chi connectivity index (χ4v) is 3.16. The summed E-state index contributed by atoms with van der Waals surface area (Å²) < 4.78 is 5.21. The van der Waals surface area contributed by atoms with Gasteiger partial charge in [0.15, 0.2) is 0 Å². The number of carbonyl (C=O) groups is 1. The van der Waals surface area contributed by atoms with Gasteiger partial charge in [0.25, 0.3) is 0 Å². The number of halogens is 1. The van der Waals surface area contributed by atoms with Gasteiger partial charge < -0.3 is 14.5 Å². The predicted octanol–water partition coefficient (Wildman–Crippen LogP) is 4.10. The molecule has 26 heavy (non-hydrogen) atoms. The van der Waals surface area contributed by atoms with Crippen LogP contribution in [-0.4, -0.2) is 44.1 Å². The SMILES string of the molecule is COc1ccc(N2CCCN(C(=O)/C=C/c3ccc(Cl)cc3)CC2)cc1. The predicted molar refractivity (Wildman–Crippen MR) is 107 cm³/mol. The molecular weight excluding hydrogens is 348 g/mol. The molecule has 5 heteroatoms. The molecule has 2 aromatic carbocycles. The molecule has 0 atom stereocenters. The van der Waals surface area contributed by atoms with Gasteiger partial charge in [-0.05, 0) is 54.5 Å². The Morgan fingerprint density at radius 1 is 1.00 bits per heavy atom. The highest BCUT2D eigenvalue weighted by atomic mass is 35.5.